The summed E-state index contributed by atoms with van der Waals surface area (Å²) in [4.78, 5) is 10.9. The van der Waals surface area contributed by atoms with Gasteiger partial charge >= 0.3 is 5.97 Å². The molecule has 1 fully saturated rings. The van der Waals surface area contributed by atoms with Crippen LogP contribution in [0.4, 0.5) is 0 Å². The summed E-state index contributed by atoms with van der Waals surface area (Å²) >= 11 is 0. The van der Waals surface area contributed by atoms with E-state index < -0.39 is 0 Å². The second kappa shape index (κ2) is 6.55. The summed E-state index contributed by atoms with van der Waals surface area (Å²) in [6.45, 7) is 0. The topological polar surface area (TPSA) is 38.8 Å². The van der Waals surface area contributed by atoms with Crippen LogP contribution in [-0.4, -0.2) is 25.3 Å². The highest BCUT2D eigenvalue weighted by molar-refractivity contribution is 5.68. The van der Waals surface area contributed by atoms with Gasteiger partial charge in [0.15, 0.2) is 0 Å². The van der Waals surface area contributed by atoms with Gasteiger partial charge in [-0.2, -0.15) is 0 Å². The van der Waals surface area contributed by atoms with E-state index in [2.05, 4.69) is 29.0 Å². The number of carbonyl (C=O) groups is 1. The highest BCUT2D eigenvalue weighted by Crippen LogP contribution is 2.30. The average Bonchev–Trinajstić information content (AvgIpc) is 3.16. The molecule has 18 heavy (non-hydrogen) atoms. The van der Waals surface area contributed by atoms with Gasteiger partial charge in [-0.05, 0) is 31.2 Å². The van der Waals surface area contributed by atoms with Gasteiger partial charge in [-0.1, -0.05) is 30.3 Å². The first-order valence-electron chi connectivity index (χ1n) is 6.56. The van der Waals surface area contributed by atoms with Gasteiger partial charge in [0.25, 0.3) is 0 Å². The molecule has 2 rings (SSSR count). The van der Waals surface area contributed by atoms with Gasteiger partial charge in [-0.3, -0.25) is 4.79 Å². The molecule has 0 N–H and O–H groups in total. The maximum atomic E-state index is 10.9. The molecule has 0 amide bonds. The van der Waals surface area contributed by atoms with Crippen LogP contribution in [0.1, 0.15) is 31.2 Å². The van der Waals surface area contributed by atoms with Gasteiger partial charge in [-0.25, -0.2) is 0 Å². The van der Waals surface area contributed by atoms with E-state index in [1.54, 1.807) is 0 Å². The molecule has 0 bridgehead atoms. The lowest BCUT2D eigenvalue weighted by atomic mass is 10.1. The number of carbonyl (C=O) groups excluding carboxylic acids is 1. The molecule has 0 aromatic heterocycles. The van der Waals surface area contributed by atoms with Crippen LogP contribution in [0.3, 0.4) is 0 Å². The molecule has 1 aromatic rings. The smallest absolute Gasteiger partial charge is 0.305 e. The monoisotopic (exact) mass is 248 g/mol. The van der Waals surface area contributed by atoms with E-state index in [1.807, 2.05) is 6.07 Å². The van der Waals surface area contributed by atoms with E-state index in [4.69, 9.17) is 4.74 Å². The molecule has 1 saturated heterocycles. The summed E-state index contributed by atoms with van der Waals surface area (Å²) in [6.07, 6.45) is 5.22. The second-order valence-electron chi connectivity index (χ2n) is 4.71. The zero-order valence-electron chi connectivity index (χ0n) is 10.8. The number of methoxy groups -OCH3 is 1. The Kier molecular flexibility index (Phi) is 4.76. The highest BCUT2D eigenvalue weighted by Gasteiger charge is 2.37. The maximum Gasteiger partial charge on any atom is 0.305 e. The van der Waals surface area contributed by atoms with E-state index in [9.17, 15) is 4.79 Å². The Morgan fingerprint density at radius 2 is 1.94 bits per heavy atom. The van der Waals surface area contributed by atoms with Crippen LogP contribution in [-0.2, 0) is 20.7 Å². The molecule has 2 unspecified atom stereocenters. The molecule has 1 heterocycles. The third-order valence-electron chi connectivity index (χ3n) is 3.35. The number of hydrogen-bond donors (Lipinski definition) is 0. The Morgan fingerprint density at radius 3 is 2.67 bits per heavy atom. The first-order valence-corrected chi connectivity index (χ1v) is 6.56. The molecule has 0 saturated carbocycles. The minimum absolute atomic E-state index is 0.128. The third-order valence-corrected chi connectivity index (χ3v) is 3.35. The lowest BCUT2D eigenvalue weighted by molar-refractivity contribution is -0.140. The van der Waals surface area contributed by atoms with Crippen molar-refractivity contribution in [1.29, 1.82) is 0 Å². The van der Waals surface area contributed by atoms with Crippen molar-refractivity contribution in [3.63, 3.8) is 0 Å². The lowest BCUT2D eigenvalue weighted by Gasteiger charge is -1.99. The normalized spacial score (nSPS) is 21.6. The van der Waals surface area contributed by atoms with Crippen LogP contribution in [0.2, 0.25) is 0 Å². The van der Waals surface area contributed by atoms with Crippen molar-refractivity contribution < 1.29 is 14.3 Å². The predicted octanol–water partition coefficient (Wildman–Crippen LogP) is 2.73. The summed E-state index contributed by atoms with van der Waals surface area (Å²) in [6, 6.07) is 10.5. The van der Waals surface area contributed by atoms with Gasteiger partial charge in [0, 0.05) is 6.42 Å². The van der Waals surface area contributed by atoms with Crippen molar-refractivity contribution >= 4 is 5.97 Å². The number of rotatable bonds is 7. The van der Waals surface area contributed by atoms with E-state index >= 15 is 0 Å². The minimum atomic E-state index is -0.128. The Labute approximate surface area is 108 Å². The number of hydrogen-bond acceptors (Lipinski definition) is 3. The van der Waals surface area contributed by atoms with Crippen LogP contribution in [0.25, 0.3) is 0 Å². The summed E-state index contributed by atoms with van der Waals surface area (Å²) < 4.78 is 10.2. The molecular weight excluding hydrogens is 228 g/mol. The Morgan fingerprint density at radius 1 is 1.22 bits per heavy atom. The van der Waals surface area contributed by atoms with Crippen LogP contribution in [0.15, 0.2) is 30.3 Å². The Balaban J connectivity index is 1.57. The van der Waals surface area contributed by atoms with Crippen molar-refractivity contribution in [2.45, 2.75) is 44.3 Å². The molecule has 0 radical (unpaired) electrons. The average molecular weight is 248 g/mol. The van der Waals surface area contributed by atoms with Crippen LogP contribution in [0, 0.1) is 0 Å². The van der Waals surface area contributed by atoms with Crippen molar-refractivity contribution in [2.75, 3.05) is 7.11 Å². The number of ether oxygens (including phenoxy) is 2. The molecule has 1 aliphatic heterocycles. The number of benzene rings is 1. The number of esters is 1. The standard InChI is InChI=1S/C15H20O3/c1-17-15(16)9-5-8-13-14(18-13)11-10-12-6-3-2-4-7-12/h2-4,6-7,13-14H,5,8-11H2,1H3. The molecule has 3 heteroatoms. The zero-order valence-corrected chi connectivity index (χ0v) is 10.8. The third kappa shape index (κ3) is 4.15. The van der Waals surface area contributed by atoms with Crippen molar-refractivity contribution in [3.05, 3.63) is 35.9 Å². The number of epoxide rings is 1. The van der Waals surface area contributed by atoms with Crippen molar-refractivity contribution in [3.8, 4) is 0 Å². The highest BCUT2D eigenvalue weighted by atomic mass is 16.6. The summed E-state index contributed by atoms with van der Waals surface area (Å²) in [7, 11) is 1.43. The molecular formula is C15H20O3. The summed E-state index contributed by atoms with van der Waals surface area (Å²) in [5, 5.41) is 0. The van der Waals surface area contributed by atoms with E-state index in [0.717, 1.165) is 25.7 Å². The van der Waals surface area contributed by atoms with E-state index in [0.29, 0.717) is 18.6 Å². The molecule has 3 nitrogen and oxygen atoms in total. The summed E-state index contributed by atoms with van der Waals surface area (Å²) in [5.41, 5.74) is 1.36. The lowest BCUT2D eigenvalue weighted by Crippen LogP contribution is -2.02. The van der Waals surface area contributed by atoms with Crippen LogP contribution < -0.4 is 0 Å². The Hall–Kier alpha value is -1.35. The number of aryl methyl sites for hydroxylation is 1. The fraction of sp³-hybridized carbons (Fsp3) is 0.533. The van der Waals surface area contributed by atoms with Crippen LogP contribution in [0.5, 0.6) is 0 Å². The molecule has 0 spiro atoms. The molecule has 98 valence electrons. The molecule has 1 aromatic carbocycles. The van der Waals surface area contributed by atoms with Crippen molar-refractivity contribution in [2.24, 2.45) is 0 Å². The minimum Gasteiger partial charge on any atom is -0.469 e. The second-order valence-corrected chi connectivity index (χ2v) is 4.71. The van der Waals surface area contributed by atoms with Gasteiger partial charge in [0.2, 0.25) is 0 Å². The predicted molar refractivity (Wildman–Crippen MR) is 69.3 cm³/mol. The quantitative estimate of drug-likeness (QED) is 0.550. The fourth-order valence-electron chi connectivity index (χ4n) is 2.19. The Bertz CT molecular complexity index is 375. The maximum absolute atomic E-state index is 10.9. The largest absolute Gasteiger partial charge is 0.469 e. The van der Waals surface area contributed by atoms with Gasteiger partial charge < -0.3 is 9.47 Å². The fourth-order valence-corrected chi connectivity index (χ4v) is 2.19. The van der Waals surface area contributed by atoms with Crippen molar-refractivity contribution in [1.82, 2.24) is 0 Å². The van der Waals surface area contributed by atoms with E-state index in [1.165, 1.54) is 12.7 Å². The molecule has 1 aliphatic rings. The SMILES string of the molecule is COC(=O)CCCC1OC1CCc1ccccc1. The molecule has 0 aliphatic carbocycles. The first-order chi connectivity index (χ1) is 8.79. The molecule has 2 atom stereocenters. The first kappa shape index (κ1) is 13.1. The van der Waals surface area contributed by atoms with Gasteiger partial charge in [0.05, 0.1) is 19.3 Å². The van der Waals surface area contributed by atoms with Crippen LogP contribution >= 0.6 is 0 Å². The van der Waals surface area contributed by atoms with Gasteiger partial charge in [0.1, 0.15) is 0 Å². The van der Waals surface area contributed by atoms with E-state index in [-0.39, 0.29) is 5.97 Å². The summed E-state index contributed by atoms with van der Waals surface area (Å²) in [5.74, 6) is -0.128. The van der Waals surface area contributed by atoms with Gasteiger partial charge in [-0.15, -0.1) is 0 Å². The zero-order chi connectivity index (χ0) is 12.8.